The fourth-order valence-corrected chi connectivity index (χ4v) is 3.98. The van der Waals surface area contributed by atoms with Gasteiger partial charge in [-0.05, 0) is 42.5 Å². The number of nitrogens with one attached hydrogen (secondary N) is 2. The second-order valence-corrected chi connectivity index (χ2v) is 7.76. The van der Waals surface area contributed by atoms with Gasteiger partial charge in [0.2, 0.25) is 0 Å². The molecule has 1 aliphatic heterocycles. The molecule has 7 heteroatoms. The van der Waals surface area contributed by atoms with Crippen LogP contribution in [0, 0.1) is 0 Å². The molecule has 4 rings (SSSR count). The first-order chi connectivity index (χ1) is 14.6. The summed E-state index contributed by atoms with van der Waals surface area (Å²) in [4.78, 5) is 18.8. The Labute approximate surface area is 176 Å². The molecule has 2 heterocycles. The predicted molar refractivity (Wildman–Crippen MR) is 116 cm³/mol. The number of aryl methyl sites for hydroxylation is 1. The highest BCUT2D eigenvalue weighted by atomic mass is 16.5. The minimum atomic E-state index is -0.209. The normalized spacial score (nSPS) is 14.2. The third-order valence-electron chi connectivity index (χ3n) is 5.70. The van der Waals surface area contributed by atoms with E-state index in [1.807, 2.05) is 18.2 Å². The van der Waals surface area contributed by atoms with Gasteiger partial charge in [0.25, 0.3) is 5.91 Å². The van der Waals surface area contributed by atoms with Crippen LogP contribution in [0.1, 0.15) is 18.7 Å². The van der Waals surface area contributed by atoms with Crippen LogP contribution < -0.4 is 19.7 Å². The molecule has 0 saturated carbocycles. The van der Waals surface area contributed by atoms with Crippen molar-refractivity contribution >= 4 is 22.6 Å². The first-order valence-corrected chi connectivity index (χ1v) is 10.5. The van der Waals surface area contributed by atoms with E-state index in [2.05, 4.69) is 16.9 Å². The number of hydrogen-bond donors (Lipinski definition) is 2. The number of carbonyl (C=O) groups excluding carboxylic acids is 1. The average molecular weight is 410 g/mol. The lowest BCUT2D eigenvalue weighted by Gasteiger charge is -2.11. The monoisotopic (exact) mass is 409 g/mol. The zero-order chi connectivity index (χ0) is 20.9. The van der Waals surface area contributed by atoms with Crippen LogP contribution >= 0.6 is 0 Å². The van der Waals surface area contributed by atoms with Crippen molar-refractivity contribution in [1.82, 2.24) is 9.55 Å². The van der Waals surface area contributed by atoms with Crippen LogP contribution in [0.15, 0.2) is 42.5 Å². The third-order valence-corrected chi connectivity index (χ3v) is 5.70. The molecule has 30 heavy (non-hydrogen) atoms. The molecule has 7 nitrogen and oxygen atoms in total. The molecule has 1 saturated heterocycles. The SMILES string of the molecule is COc1ccc(OCC(=O)Nc2ccc3c(c2)nc(CC[NH+]2CCCC2)n3C)cc1. The van der Waals surface area contributed by atoms with Gasteiger partial charge in [0.15, 0.2) is 6.61 Å². The second-order valence-electron chi connectivity index (χ2n) is 7.76. The smallest absolute Gasteiger partial charge is 0.262 e. The van der Waals surface area contributed by atoms with Crippen molar-refractivity contribution < 1.29 is 19.2 Å². The predicted octanol–water partition coefficient (Wildman–Crippen LogP) is 1.82. The first kappa shape index (κ1) is 20.2. The van der Waals surface area contributed by atoms with Crippen LogP contribution in [-0.2, 0) is 18.3 Å². The Kier molecular flexibility index (Phi) is 6.18. The third kappa shape index (κ3) is 4.74. The van der Waals surface area contributed by atoms with E-state index in [0.717, 1.165) is 41.3 Å². The fourth-order valence-electron chi connectivity index (χ4n) is 3.98. The lowest BCUT2D eigenvalue weighted by atomic mass is 10.2. The first-order valence-electron chi connectivity index (χ1n) is 10.5. The molecule has 2 N–H and O–H groups in total. The Morgan fingerprint density at radius 1 is 1.13 bits per heavy atom. The van der Waals surface area contributed by atoms with Gasteiger partial charge in [-0.3, -0.25) is 4.79 Å². The van der Waals surface area contributed by atoms with Crippen molar-refractivity contribution in [2.45, 2.75) is 19.3 Å². The molecule has 1 amide bonds. The number of aromatic nitrogens is 2. The summed E-state index contributed by atoms with van der Waals surface area (Å²) in [6.45, 7) is 3.62. The minimum Gasteiger partial charge on any atom is -0.497 e. The van der Waals surface area contributed by atoms with Gasteiger partial charge in [-0.25, -0.2) is 4.98 Å². The van der Waals surface area contributed by atoms with Crippen molar-refractivity contribution in [1.29, 1.82) is 0 Å². The van der Waals surface area contributed by atoms with E-state index >= 15 is 0 Å². The summed E-state index contributed by atoms with van der Waals surface area (Å²) in [5.74, 6) is 2.25. The lowest BCUT2D eigenvalue weighted by molar-refractivity contribution is -0.887. The number of methoxy groups -OCH3 is 1. The Hall–Kier alpha value is -3.06. The summed E-state index contributed by atoms with van der Waals surface area (Å²) >= 11 is 0. The number of anilines is 1. The minimum absolute atomic E-state index is 0.0591. The molecule has 0 atom stereocenters. The highest BCUT2D eigenvalue weighted by molar-refractivity contribution is 5.94. The van der Waals surface area contributed by atoms with Gasteiger partial charge >= 0.3 is 0 Å². The summed E-state index contributed by atoms with van der Waals surface area (Å²) in [7, 11) is 3.67. The van der Waals surface area contributed by atoms with E-state index in [9.17, 15) is 4.79 Å². The number of benzene rings is 2. The van der Waals surface area contributed by atoms with E-state index in [1.54, 1.807) is 36.3 Å². The molecular weight excluding hydrogens is 380 g/mol. The summed E-state index contributed by atoms with van der Waals surface area (Å²) < 4.78 is 12.8. The Balaban J connectivity index is 1.35. The Bertz CT molecular complexity index is 1010. The maximum Gasteiger partial charge on any atom is 0.262 e. The number of rotatable bonds is 8. The number of likely N-dealkylation sites (tertiary alicyclic amines) is 1. The number of imidazole rings is 1. The highest BCUT2D eigenvalue weighted by Gasteiger charge is 2.17. The van der Waals surface area contributed by atoms with Gasteiger partial charge in [-0.15, -0.1) is 0 Å². The van der Waals surface area contributed by atoms with E-state index in [1.165, 1.54) is 25.9 Å². The molecule has 3 aromatic rings. The number of amides is 1. The molecule has 1 aromatic heterocycles. The number of carbonyl (C=O) groups is 1. The summed E-state index contributed by atoms with van der Waals surface area (Å²) in [5.41, 5.74) is 2.70. The Morgan fingerprint density at radius 2 is 1.87 bits per heavy atom. The molecule has 2 aromatic carbocycles. The van der Waals surface area contributed by atoms with Gasteiger partial charge in [0, 0.05) is 25.6 Å². The molecule has 0 spiro atoms. The van der Waals surface area contributed by atoms with Crippen LogP contribution in [0.3, 0.4) is 0 Å². The molecule has 0 aliphatic carbocycles. The zero-order valence-electron chi connectivity index (χ0n) is 17.6. The number of quaternary nitrogens is 1. The summed E-state index contributed by atoms with van der Waals surface area (Å²) in [5, 5.41) is 2.89. The summed E-state index contributed by atoms with van der Waals surface area (Å²) in [6, 6.07) is 13.0. The van der Waals surface area contributed by atoms with Crippen LogP contribution in [0.4, 0.5) is 5.69 Å². The number of ether oxygens (including phenoxy) is 2. The van der Waals surface area contributed by atoms with Gasteiger partial charge in [-0.2, -0.15) is 0 Å². The van der Waals surface area contributed by atoms with E-state index in [0.29, 0.717) is 5.75 Å². The number of fused-ring (bicyclic) bond motifs is 1. The van der Waals surface area contributed by atoms with E-state index < -0.39 is 0 Å². The lowest BCUT2D eigenvalue weighted by Crippen LogP contribution is -3.10. The van der Waals surface area contributed by atoms with E-state index in [4.69, 9.17) is 14.5 Å². The molecule has 0 radical (unpaired) electrons. The largest absolute Gasteiger partial charge is 0.497 e. The van der Waals surface area contributed by atoms with Gasteiger partial charge in [0.1, 0.15) is 17.3 Å². The van der Waals surface area contributed by atoms with Crippen molar-refractivity contribution in [2.24, 2.45) is 7.05 Å². The second kappa shape index (κ2) is 9.17. The number of hydrogen-bond acceptors (Lipinski definition) is 4. The standard InChI is InChI=1S/C23H28N4O3/c1-26-21-10-5-17(15-20(21)25-22(26)11-14-27-12-3-4-13-27)24-23(28)16-30-19-8-6-18(29-2)7-9-19/h5-10,15H,3-4,11-14,16H2,1-2H3,(H,24,28)/p+1. The number of nitrogens with zero attached hydrogens (tertiary/aromatic N) is 2. The molecule has 1 aliphatic rings. The van der Waals surface area contributed by atoms with Gasteiger partial charge in [0.05, 0.1) is 44.2 Å². The van der Waals surface area contributed by atoms with Crippen LogP contribution in [0.25, 0.3) is 11.0 Å². The average Bonchev–Trinajstić information content (AvgIpc) is 3.39. The van der Waals surface area contributed by atoms with Gasteiger partial charge < -0.3 is 24.3 Å². The quantitative estimate of drug-likeness (QED) is 0.596. The molecule has 0 unspecified atom stereocenters. The maximum absolute atomic E-state index is 12.3. The molecular formula is C23H29N4O3+. The molecule has 1 fully saturated rings. The topological polar surface area (TPSA) is 69.8 Å². The Morgan fingerprint density at radius 3 is 2.60 bits per heavy atom. The van der Waals surface area contributed by atoms with Crippen molar-refractivity contribution in [3.63, 3.8) is 0 Å². The summed E-state index contributed by atoms with van der Waals surface area (Å²) in [6.07, 6.45) is 3.64. The maximum atomic E-state index is 12.3. The zero-order valence-corrected chi connectivity index (χ0v) is 17.6. The van der Waals surface area contributed by atoms with Crippen molar-refractivity contribution in [3.05, 3.63) is 48.3 Å². The highest BCUT2D eigenvalue weighted by Crippen LogP contribution is 2.20. The molecule has 0 bridgehead atoms. The molecule has 158 valence electrons. The van der Waals surface area contributed by atoms with Crippen LogP contribution in [-0.4, -0.2) is 48.8 Å². The van der Waals surface area contributed by atoms with Crippen LogP contribution in [0.5, 0.6) is 11.5 Å². The van der Waals surface area contributed by atoms with Crippen molar-refractivity contribution in [2.75, 3.05) is 38.7 Å². The fraction of sp³-hybridized carbons (Fsp3) is 0.391. The van der Waals surface area contributed by atoms with Gasteiger partial charge in [-0.1, -0.05) is 0 Å². The van der Waals surface area contributed by atoms with E-state index in [-0.39, 0.29) is 12.5 Å². The van der Waals surface area contributed by atoms with Crippen molar-refractivity contribution in [3.8, 4) is 11.5 Å². The van der Waals surface area contributed by atoms with Crippen LogP contribution in [0.2, 0.25) is 0 Å².